The van der Waals surface area contributed by atoms with Crippen LogP contribution in [0.3, 0.4) is 0 Å². The van der Waals surface area contributed by atoms with Crippen molar-refractivity contribution in [2.75, 3.05) is 13.7 Å². The van der Waals surface area contributed by atoms with Crippen LogP contribution in [-0.4, -0.2) is 19.7 Å². The van der Waals surface area contributed by atoms with Gasteiger partial charge in [-0.1, -0.05) is 19.1 Å². The Morgan fingerprint density at radius 2 is 2.12 bits per heavy atom. The van der Waals surface area contributed by atoms with E-state index in [9.17, 15) is 0 Å². The maximum absolute atomic E-state index is 5.29. The lowest BCUT2D eigenvalue weighted by molar-refractivity contribution is 0.276. The van der Waals surface area contributed by atoms with Gasteiger partial charge < -0.3 is 10.1 Å². The second-order valence-corrected chi connectivity index (χ2v) is 4.77. The molecule has 3 atom stereocenters. The van der Waals surface area contributed by atoms with Crippen molar-refractivity contribution in [2.24, 2.45) is 5.92 Å². The molecule has 2 nitrogen and oxygen atoms in total. The Morgan fingerprint density at radius 3 is 2.88 bits per heavy atom. The third-order valence-corrected chi connectivity index (χ3v) is 3.87. The summed E-state index contributed by atoms with van der Waals surface area (Å²) >= 11 is 0. The van der Waals surface area contributed by atoms with Gasteiger partial charge in [-0.2, -0.15) is 0 Å². The molecule has 0 unspecified atom stereocenters. The van der Waals surface area contributed by atoms with E-state index in [0.29, 0.717) is 17.9 Å². The normalized spacial score (nSPS) is 30.1. The fraction of sp³-hybridized carbons (Fsp3) is 0.571. The topological polar surface area (TPSA) is 21.3 Å². The van der Waals surface area contributed by atoms with Crippen LogP contribution < -0.4 is 10.1 Å². The number of piperidine rings is 1. The van der Waals surface area contributed by atoms with Crippen molar-refractivity contribution < 1.29 is 4.74 Å². The molecule has 1 saturated heterocycles. The van der Waals surface area contributed by atoms with Crippen LogP contribution in [0.4, 0.5) is 0 Å². The zero-order chi connectivity index (χ0) is 11.5. The summed E-state index contributed by atoms with van der Waals surface area (Å²) in [5, 5.41) is 3.53. The van der Waals surface area contributed by atoms with Gasteiger partial charge in [-0.3, -0.25) is 0 Å². The number of methoxy groups -OCH3 is 1. The smallest absolute Gasteiger partial charge is 0.119 e. The van der Waals surface area contributed by atoms with Crippen LogP contribution in [0, 0.1) is 5.92 Å². The molecule has 1 aromatic carbocycles. The first-order valence-electron chi connectivity index (χ1n) is 6.09. The van der Waals surface area contributed by atoms with Crippen LogP contribution in [0.15, 0.2) is 24.3 Å². The lowest BCUT2D eigenvalue weighted by Crippen LogP contribution is -2.41. The number of nitrogens with one attached hydrogen (secondary N) is 1. The molecule has 0 saturated carbocycles. The van der Waals surface area contributed by atoms with E-state index in [1.54, 1.807) is 7.11 Å². The zero-order valence-corrected chi connectivity index (χ0v) is 10.4. The molecule has 1 N–H and O–H groups in total. The molecule has 1 aliphatic heterocycles. The molecule has 0 aliphatic carbocycles. The number of benzene rings is 1. The van der Waals surface area contributed by atoms with Crippen LogP contribution in [0.2, 0.25) is 0 Å². The lowest BCUT2D eigenvalue weighted by atomic mass is 9.78. The molecule has 1 aromatic rings. The third kappa shape index (κ3) is 2.22. The van der Waals surface area contributed by atoms with Gasteiger partial charge in [0, 0.05) is 6.04 Å². The van der Waals surface area contributed by atoms with Crippen LogP contribution in [0.25, 0.3) is 0 Å². The molecule has 1 fully saturated rings. The highest BCUT2D eigenvalue weighted by molar-refractivity contribution is 5.31. The summed E-state index contributed by atoms with van der Waals surface area (Å²) in [4.78, 5) is 0. The molecule has 0 amide bonds. The van der Waals surface area contributed by atoms with Crippen molar-refractivity contribution in [3.8, 4) is 5.75 Å². The summed E-state index contributed by atoms with van der Waals surface area (Å²) < 4.78 is 5.29. The molecule has 88 valence electrons. The summed E-state index contributed by atoms with van der Waals surface area (Å²) in [5.74, 6) is 2.31. The van der Waals surface area contributed by atoms with Gasteiger partial charge in [-0.25, -0.2) is 0 Å². The van der Waals surface area contributed by atoms with Crippen molar-refractivity contribution >= 4 is 0 Å². The van der Waals surface area contributed by atoms with Crippen LogP contribution in [0.5, 0.6) is 5.75 Å². The second-order valence-electron chi connectivity index (χ2n) is 4.77. The Labute approximate surface area is 98.0 Å². The third-order valence-electron chi connectivity index (χ3n) is 3.87. The van der Waals surface area contributed by atoms with Gasteiger partial charge in [0.15, 0.2) is 0 Å². The van der Waals surface area contributed by atoms with E-state index >= 15 is 0 Å². The Bertz CT molecular complexity index is 350. The Hall–Kier alpha value is -1.02. The summed E-state index contributed by atoms with van der Waals surface area (Å²) in [7, 11) is 1.73. The van der Waals surface area contributed by atoms with Crippen molar-refractivity contribution in [3.63, 3.8) is 0 Å². The van der Waals surface area contributed by atoms with Gasteiger partial charge in [0.25, 0.3) is 0 Å². The quantitative estimate of drug-likeness (QED) is 0.826. The van der Waals surface area contributed by atoms with Gasteiger partial charge in [0.05, 0.1) is 7.11 Å². The minimum atomic E-state index is 0.602. The molecular weight excluding hydrogens is 198 g/mol. The van der Waals surface area contributed by atoms with E-state index in [4.69, 9.17) is 4.74 Å². The first kappa shape index (κ1) is 11.5. The predicted molar refractivity (Wildman–Crippen MR) is 67.0 cm³/mol. The van der Waals surface area contributed by atoms with Gasteiger partial charge in [-0.15, -0.1) is 0 Å². The van der Waals surface area contributed by atoms with E-state index in [1.807, 2.05) is 6.07 Å². The van der Waals surface area contributed by atoms with Crippen molar-refractivity contribution in [2.45, 2.75) is 32.2 Å². The summed E-state index contributed by atoms with van der Waals surface area (Å²) in [5.41, 5.74) is 1.42. The molecule has 0 spiro atoms. The molecule has 2 rings (SSSR count). The van der Waals surface area contributed by atoms with Crippen LogP contribution in [0.1, 0.15) is 31.7 Å². The number of hydrogen-bond donors (Lipinski definition) is 1. The van der Waals surface area contributed by atoms with Crippen molar-refractivity contribution in [1.29, 1.82) is 0 Å². The fourth-order valence-corrected chi connectivity index (χ4v) is 2.61. The minimum absolute atomic E-state index is 0.602. The second kappa shape index (κ2) is 4.88. The maximum Gasteiger partial charge on any atom is 0.119 e. The summed E-state index contributed by atoms with van der Waals surface area (Å²) in [6.45, 7) is 5.73. The molecular formula is C14H21NO. The highest BCUT2D eigenvalue weighted by atomic mass is 16.5. The Morgan fingerprint density at radius 1 is 1.31 bits per heavy atom. The average Bonchev–Trinajstić information content (AvgIpc) is 2.33. The molecule has 2 heteroatoms. The van der Waals surface area contributed by atoms with Gasteiger partial charge in [-0.05, 0) is 49.4 Å². The molecule has 0 bridgehead atoms. The average molecular weight is 219 g/mol. The van der Waals surface area contributed by atoms with E-state index in [1.165, 1.54) is 12.0 Å². The molecule has 1 heterocycles. The van der Waals surface area contributed by atoms with E-state index in [2.05, 4.69) is 37.4 Å². The summed E-state index contributed by atoms with van der Waals surface area (Å²) in [6, 6.07) is 9.11. The largest absolute Gasteiger partial charge is 0.497 e. The van der Waals surface area contributed by atoms with E-state index in [-0.39, 0.29) is 0 Å². The number of rotatable bonds is 2. The van der Waals surface area contributed by atoms with Crippen LogP contribution >= 0.6 is 0 Å². The Kier molecular flexibility index (Phi) is 3.49. The lowest BCUT2D eigenvalue weighted by Gasteiger charge is -2.35. The molecule has 0 radical (unpaired) electrons. The van der Waals surface area contributed by atoms with Crippen molar-refractivity contribution in [1.82, 2.24) is 5.32 Å². The van der Waals surface area contributed by atoms with E-state index in [0.717, 1.165) is 12.3 Å². The first-order chi connectivity index (χ1) is 7.72. The van der Waals surface area contributed by atoms with Gasteiger partial charge in [0.1, 0.15) is 5.75 Å². The SMILES string of the molecule is COc1cccc([C@H]2CCN[C@@H](C)[C@@H]2C)c1. The number of hydrogen-bond acceptors (Lipinski definition) is 2. The van der Waals surface area contributed by atoms with Gasteiger partial charge in [0.2, 0.25) is 0 Å². The van der Waals surface area contributed by atoms with E-state index < -0.39 is 0 Å². The first-order valence-corrected chi connectivity index (χ1v) is 6.09. The Balaban J connectivity index is 2.21. The molecule has 16 heavy (non-hydrogen) atoms. The summed E-state index contributed by atoms with van der Waals surface area (Å²) in [6.07, 6.45) is 1.22. The standard InChI is InChI=1S/C14H21NO/c1-10-11(2)15-8-7-14(10)12-5-4-6-13(9-12)16-3/h4-6,9-11,14-15H,7-8H2,1-3H3/t10-,11-,14-/m0/s1. The van der Waals surface area contributed by atoms with Crippen LogP contribution in [-0.2, 0) is 0 Å². The minimum Gasteiger partial charge on any atom is -0.497 e. The zero-order valence-electron chi connectivity index (χ0n) is 10.4. The highest BCUT2D eigenvalue weighted by Crippen LogP contribution is 2.34. The predicted octanol–water partition coefficient (Wildman–Crippen LogP) is 2.80. The molecule has 1 aliphatic rings. The van der Waals surface area contributed by atoms with Crippen molar-refractivity contribution in [3.05, 3.63) is 29.8 Å². The highest BCUT2D eigenvalue weighted by Gasteiger charge is 2.27. The monoisotopic (exact) mass is 219 g/mol. The number of ether oxygens (including phenoxy) is 1. The maximum atomic E-state index is 5.29. The molecule has 0 aromatic heterocycles. The van der Waals surface area contributed by atoms with Gasteiger partial charge >= 0.3 is 0 Å². The fourth-order valence-electron chi connectivity index (χ4n) is 2.61.